The van der Waals surface area contributed by atoms with E-state index >= 15 is 0 Å². The fourth-order valence-electron chi connectivity index (χ4n) is 2.14. The Labute approximate surface area is 94.9 Å². The van der Waals surface area contributed by atoms with E-state index in [1.807, 2.05) is 6.92 Å². The monoisotopic (exact) mass is 220 g/mol. The van der Waals surface area contributed by atoms with Crippen LogP contribution in [0.1, 0.15) is 47.7 Å². The first-order chi connectivity index (χ1) is 7.15. The molecule has 1 saturated carbocycles. The highest BCUT2D eigenvalue weighted by Crippen LogP contribution is 2.37. The number of rotatable bonds is 1. The van der Waals surface area contributed by atoms with Crippen LogP contribution in [-0.2, 0) is 5.54 Å². The summed E-state index contributed by atoms with van der Waals surface area (Å²) in [7, 11) is 0. The Morgan fingerprint density at radius 2 is 2.07 bits per heavy atom. The minimum atomic E-state index is -0.206. The van der Waals surface area contributed by atoms with Gasteiger partial charge >= 0.3 is 0 Å². The Kier molecular flexibility index (Phi) is 2.81. The molecule has 1 heterocycles. The summed E-state index contributed by atoms with van der Waals surface area (Å²) >= 11 is 1.67. The van der Waals surface area contributed by atoms with E-state index in [1.165, 1.54) is 19.3 Å². The number of aryl methyl sites for hydroxylation is 1. The summed E-state index contributed by atoms with van der Waals surface area (Å²) in [5.74, 6) is 2.62. The van der Waals surface area contributed by atoms with Gasteiger partial charge in [0.05, 0.1) is 5.54 Å². The maximum absolute atomic E-state index is 6.40. The molecule has 1 aliphatic carbocycles. The van der Waals surface area contributed by atoms with Crippen molar-refractivity contribution in [2.75, 3.05) is 0 Å². The predicted octanol–water partition coefficient (Wildman–Crippen LogP) is 2.55. The van der Waals surface area contributed by atoms with Crippen LogP contribution in [0, 0.1) is 19.3 Å². The third-order valence-corrected chi connectivity index (χ3v) is 4.30. The van der Waals surface area contributed by atoms with E-state index in [9.17, 15) is 0 Å². The van der Waals surface area contributed by atoms with Gasteiger partial charge in [-0.15, -0.1) is 17.8 Å². The average molecular weight is 220 g/mol. The van der Waals surface area contributed by atoms with Gasteiger partial charge in [0.1, 0.15) is 10.7 Å². The van der Waals surface area contributed by atoms with Gasteiger partial charge in [0, 0.05) is 4.88 Å². The highest BCUT2D eigenvalue weighted by molar-refractivity contribution is 7.11. The highest BCUT2D eigenvalue weighted by Gasteiger charge is 2.32. The predicted molar refractivity (Wildman–Crippen MR) is 63.7 cm³/mol. The van der Waals surface area contributed by atoms with Gasteiger partial charge in [-0.3, -0.25) is 0 Å². The molecule has 0 spiro atoms. The minimum absolute atomic E-state index is 0.206. The smallest absolute Gasteiger partial charge is 0.127 e. The van der Waals surface area contributed by atoms with Crippen molar-refractivity contribution in [2.24, 2.45) is 5.73 Å². The molecule has 1 aromatic heterocycles. The third kappa shape index (κ3) is 1.92. The Morgan fingerprint density at radius 1 is 1.40 bits per heavy atom. The van der Waals surface area contributed by atoms with Crippen molar-refractivity contribution in [3.63, 3.8) is 0 Å². The lowest BCUT2D eigenvalue weighted by molar-refractivity contribution is 0.301. The number of aromatic nitrogens is 1. The van der Waals surface area contributed by atoms with Crippen LogP contribution in [0.4, 0.5) is 0 Å². The summed E-state index contributed by atoms with van der Waals surface area (Å²) in [5.41, 5.74) is 6.96. The summed E-state index contributed by atoms with van der Waals surface area (Å²) < 4.78 is 0. The van der Waals surface area contributed by atoms with E-state index in [1.54, 1.807) is 11.3 Å². The van der Waals surface area contributed by atoms with Crippen molar-refractivity contribution < 1.29 is 0 Å². The minimum Gasteiger partial charge on any atom is -0.319 e. The maximum Gasteiger partial charge on any atom is 0.127 e. The molecule has 1 fully saturated rings. The summed E-state index contributed by atoms with van der Waals surface area (Å²) in [6.45, 7) is 2.02. The first-order valence-electron chi connectivity index (χ1n) is 5.39. The molecule has 80 valence electrons. The van der Waals surface area contributed by atoms with E-state index in [0.29, 0.717) is 0 Å². The first kappa shape index (κ1) is 10.7. The number of terminal acetylenes is 1. The van der Waals surface area contributed by atoms with E-state index in [4.69, 9.17) is 12.2 Å². The van der Waals surface area contributed by atoms with Crippen LogP contribution in [0.25, 0.3) is 0 Å². The van der Waals surface area contributed by atoms with Gasteiger partial charge in [-0.1, -0.05) is 19.3 Å². The van der Waals surface area contributed by atoms with Crippen LogP contribution in [0.2, 0.25) is 0 Å². The number of thiazole rings is 1. The van der Waals surface area contributed by atoms with Crippen molar-refractivity contribution in [3.8, 4) is 12.3 Å². The zero-order valence-corrected chi connectivity index (χ0v) is 9.86. The molecule has 0 bridgehead atoms. The van der Waals surface area contributed by atoms with E-state index in [2.05, 4.69) is 10.9 Å². The first-order valence-corrected chi connectivity index (χ1v) is 6.21. The van der Waals surface area contributed by atoms with Crippen molar-refractivity contribution in [1.29, 1.82) is 0 Å². The summed E-state index contributed by atoms with van der Waals surface area (Å²) in [6, 6.07) is 0. The van der Waals surface area contributed by atoms with Gasteiger partial charge in [-0.05, 0) is 25.7 Å². The molecular formula is C12H16N2S. The van der Waals surface area contributed by atoms with Crippen LogP contribution in [0.15, 0.2) is 0 Å². The van der Waals surface area contributed by atoms with Crippen LogP contribution in [0.5, 0.6) is 0 Å². The molecule has 0 aromatic carbocycles. The second-order valence-corrected chi connectivity index (χ2v) is 5.49. The van der Waals surface area contributed by atoms with Crippen molar-refractivity contribution in [2.45, 2.75) is 44.6 Å². The molecule has 2 rings (SSSR count). The van der Waals surface area contributed by atoms with Crippen LogP contribution < -0.4 is 5.73 Å². The quantitative estimate of drug-likeness (QED) is 0.739. The third-order valence-electron chi connectivity index (χ3n) is 3.11. The van der Waals surface area contributed by atoms with Gasteiger partial charge in [0.25, 0.3) is 0 Å². The normalized spacial score (nSPS) is 19.8. The van der Waals surface area contributed by atoms with Crippen LogP contribution in [0.3, 0.4) is 0 Å². The van der Waals surface area contributed by atoms with Gasteiger partial charge in [-0.25, -0.2) is 4.98 Å². The van der Waals surface area contributed by atoms with Gasteiger partial charge in [0.15, 0.2) is 0 Å². The molecule has 0 amide bonds. The van der Waals surface area contributed by atoms with Crippen LogP contribution >= 0.6 is 11.3 Å². The van der Waals surface area contributed by atoms with Crippen molar-refractivity contribution >= 4 is 11.3 Å². The number of hydrogen-bond donors (Lipinski definition) is 1. The molecule has 0 atom stereocenters. The molecule has 1 aromatic rings. The summed E-state index contributed by atoms with van der Waals surface area (Å²) in [5, 5.41) is 1.03. The van der Waals surface area contributed by atoms with Gasteiger partial charge in [0.2, 0.25) is 0 Å². The fraction of sp³-hybridized carbons (Fsp3) is 0.583. The maximum atomic E-state index is 6.40. The molecule has 15 heavy (non-hydrogen) atoms. The number of nitrogens with two attached hydrogens (primary N) is 1. The van der Waals surface area contributed by atoms with Gasteiger partial charge < -0.3 is 5.73 Å². The molecule has 2 nitrogen and oxygen atoms in total. The molecule has 3 heteroatoms. The van der Waals surface area contributed by atoms with Crippen molar-refractivity contribution in [3.05, 3.63) is 15.6 Å². The zero-order chi connectivity index (χ0) is 10.9. The molecule has 1 aliphatic rings. The van der Waals surface area contributed by atoms with Gasteiger partial charge in [-0.2, -0.15) is 0 Å². The summed E-state index contributed by atoms with van der Waals surface area (Å²) in [4.78, 5) is 5.59. The average Bonchev–Trinajstić information content (AvgIpc) is 2.61. The molecule has 0 saturated heterocycles. The molecular weight excluding hydrogens is 204 g/mol. The second kappa shape index (κ2) is 3.96. The largest absolute Gasteiger partial charge is 0.319 e. The summed E-state index contributed by atoms with van der Waals surface area (Å²) in [6.07, 6.45) is 11.2. The van der Waals surface area contributed by atoms with E-state index < -0.39 is 0 Å². The Hall–Kier alpha value is -0.850. The highest BCUT2D eigenvalue weighted by atomic mass is 32.1. The Balaban J connectivity index is 2.32. The fourth-order valence-corrected chi connectivity index (χ4v) is 3.18. The molecule has 0 radical (unpaired) electrons. The van der Waals surface area contributed by atoms with E-state index in [-0.39, 0.29) is 5.54 Å². The SMILES string of the molecule is C#Cc1nc(C2(N)CCCCC2)sc1C. The van der Waals surface area contributed by atoms with E-state index in [0.717, 1.165) is 28.4 Å². The standard InChI is InChI=1S/C12H16N2S/c1-3-10-9(2)15-11(14-10)12(13)7-5-4-6-8-12/h1H,4-8,13H2,2H3. The second-order valence-electron chi connectivity index (χ2n) is 4.28. The number of hydrogen-bond acceptors (Lipinski definition) is 3. The Bertz CT molecular complexity index is 394. The van der Waals surface area contributed by atoms with Crippen LogP contribution in [-0.4, -0.2) is 4.98 Å². The number of nitrogens with zero attached hydrogens (tertiary/aromatic N) is 1. The lowest BCUT2D eigenvalue weighted by Crippen LogP contribution is -2.38. The molecule has 0 aliphatic heterocycles. The lowest BCUT2D eigenvalue weighted by atomic mass is 9.83. The Morgan fingerprint density at radius 3 is 2.60 bits per heavy atom. The zero-order valence-electron chi connectivity index (χ0n) is 9.05. The molecule has 2 N–H and O–H groups in total. The van der Waals surface area contributed by atoms with Crippen molar-refractivity contribution in [1.82, 2.24) is 4.98 Å². The topological polar surface area (TPSA) is 38.9 Å². The lowest BCUT2D eigenvalue weighted by Gasteiger charge is -2.31. The molecule has 0 unspecified atom stereocenters.